The van der Waals surface area contributed by atoms with Crippen LogP contribution in [0.3, 0.4) is 0 Å². The first kappa shape index (κ1) is 50.5. The maximum atomic E-state index is 14.2. The molecule has 0 aliphatic heterocycles. The number of aryl methyl sites for hydroxylation is 3. The smallest absolute Gasteiger partial charge is 0.355 e. The number of esters is 1. The fourth-order valence-corrected chi connectivity index (χ4v) is 5.87. The van der Waals surface area contributed by atoms with E-state index in [0.29, 0.717) is 17.8 Å². The Morgan fingerprint density at radius 1 is 1.00 bits per heavy atom. The number of alkyl halides is 6. The second-order valence-electron chi connectivity index (χ2n) is 11.3. The minimum Gasteiger partial charge on any atom is -0.465 e. The predicted molar refractivity (Wildman–Crippen MR) is 217 cm³/mol. The van der Waals surface area contributed by atoms with Gasteiger partial charge < -0.3 is 14.4 Å². The average Bonchev–Trinajstić information content (AvgIpc) is 3.47. The lowest BCUT2D eigenvalue weighted by Crippen LogP contribution is -2.35. The fourth-order valence-electron chi connectivity index (χ4n) is 4.99. The molecule has 0 radical (unpaired) electrons. The lowest BCUT2D eigenvalue weighted by molar-refractivity contribution is -0.142. The van der Waals surface area contributed by atoms with Crippen LogP contribution < -0.4 is 10.6 Å². The number of benzene rings is 2. The molecule has 3 aromatic rings. The van der Waals surface area contributed by atoms with Crippen LogP contribution in [-0.4, -0.2) is 86.7 Å². The Hall–Kier alpha value is -3.53. The van der Waals surface area contributed by atoms with Gasteiger partial charge in [0.1, 0.15) is 29.5 Å². The van der Waals surface area contributed by atoms with E-state index >= 15 is 0 Å². The van der Waals surface area contributed by atoms with Crippen molar-refractivity contribution in [1.82, 2.24) is 19.2 Å². The van der Waals surface area contributed by atoms with Gasteiger partial charge in [-0.05, 0) is 55.5 Å². The highest BCUT2D eigenvalue weighted by Gasteiger charge is 2.24. The van der Waals surface area contributed by atoms with E-state index in [4.69, 9.17) is 67.5 Å². The molecule has 1 atom stereocenters. The molecule has 0 bridgehead atoms. The number of anilines is 1. The number of methoxy groups -OCH3 is 1. The van der Waals surface area contributed by atoms with Gasteiger partial charge in [0, 0.05) is 31.6 Å². The first-order valence-electron chi connectivity index (χ1n) is 17.0. The molecule has 0 saturated carbocycles. The number of carbonyl (C=O) groups excluding carboxylic acids is 3. The number of halogens is 8. The Kier molecular flexibility index (Phi) is 23.1. The zero-order chi connectivity index (χ0) is 42.7. The Balaban J connectivity index is 0.000000455. The van der Waals surface area contributed by atoms with Gasteiger partial charge in [-0.1, -0.05) is 79.0 Å². The van der Waals surface area contributed by atoms with Gasteiger partial charge in [0.15, 0.2) is 10.7 Å². The maximum absolute atomic E-state index is 14.2. The molecule has 11 nitrogen and oxygen atoms in total. The van der Waals surface area contributed by atoms with E-state index in [1.165, 1.54) is 11.8 Å². The minimum atomic E-state index is -3.12. The van der Waals surface area contributed by atoms with Gasteiger partial charge in [0.05, 0.1) is 12.3 Å². The molecule has 0 aliphatic rings. The number of para-hydroxylation sites is 1. The van der Waals surface area contributed by atoms with Crippen molar-refractivity contribution in [3.05, 3.63) is 99.5 Å². The molecule has 0 saturated heterocycles. The molecular formula is C37H45Cl5F3N5O6. The quantitative estimate of drug-likeness (QED) is 0.0581. The van der Waals surface area contributed by atoms with Crippen molar-refractivity contribution in [1.29, 1.82) is 0 Å². The second kappa shape index (κ2) is 25.7. The summed E-state index contributed by atoms with van der Waals surface area (Å²) in [6.07, 6.45) is 4.85. The molecular weight excluding hydrogens is 845 g/mol. The van der Waals surface area contributed by atoms with Crippen LogP contribution in [0.2, 0.25) is 5.02 Å². The van der Waals surface area contributed by atoms with Gasteiger partial charge in [0.25, 0.3) is 5.91 Å². The molecule has 1 aromatic heterocycles. The summed E-state index contributed by atoms with van der Waals surface area (Å²) in [6, 6.07) is 8.13. The molecule has 0 N–H and O–H groups in total. The third-order valence-electron chi connectivity index (χ3n) is 7.57. The Labute approximate surface area is 349 Å². The Morgan fingerprint density at radius 3 is 2.00 bits per heavy atom. The third kappa shape index (κ3) is 14.4. The lowest BCUT2D eigenvalue weighted by atomic mass is 10.0. The zero-order valence-corrected chi connectivity index (χ0v) is 35.3. The normalized spacial score (nSPS) is 11.2. The topological polar surface area (TPSA) is 116 Å². The van der Waals surface area contributed by atoms with E-state index in [-0.39, 0.29) is 64.1 Å². The number of amides is 2. The fraction of sp³-hybridized carbons (Fsp3) is 0.432. The summed E-state index contributed by atoms with van der Waals surface area (Å²) in [5, 5.41) is 2.52. The molecule has 0 spiro atoms. The van der Waals surface area contributed by atoms with E-state index in [1.807, 2.05) is 18.2 Å². The monoisotopic (exact) mass is 887 g/mol. The molecule has 3 rings (SSSR count). The van der Waals surface area contributed by atoms with Crippen molar-refractivity contribution in [2.75, 3.05) is 44.3 Å². The summed E-state index contributed by atoms with van der Waals surface area (Å²) in [6.45, 7) is 12.1. The van der Waals surface area contributed by atoms with Crippen LogP contribution in [0, 0.1) is 12.7 Å². The van der Waals surface area contributed by atoms with Crippen molar-refractivity contribution in [2.45, 2.75) is 63.7 Å². The summed E-state index contributed by atoms with van der Waals surface area (Å²) in [7, 11) is 1.58. The SMILES string of the molecule is C=CCN(CC=C)C(=O)C(Cl)Cl.CCOC(=O)C(Cl)Cc1cc(-n2nc(C)n(C(F)F)c2=O)c(F)cc1Cl.CCc1cccc(CC)c1N(COC)C(=O)CCl. The molecule has 1 unspecified atom stereocenters. The van der Waals surface area contributed by atoms with Gasteiger partial charge in [-0.3, -0.25) is 19.3 Å². The van der Waals surface area contributed by atoms with Gasteiger partial charge in [0.2, 0.25) is 5.91 Å². The van der Waals surface area contributed by atoms with E-state index < -0.39 is 34.2 Å². The lowest BCUT2D eigenvalue weighted by Gasteiger charge is -2.26. The summed E-state index contributed by atoms with van der Waals surface area (Å²) >= 11 is 28.4. The van der Waals surface area contributed by atoms with Crippen LogP contribution in [0.4, 0.5) is 18.9 Å². The van der Waals surface area contributed by atoms with E-state index in [1.54, 1.807) is 31.1 Å². The highest BCUT2D eigenvalue weighted by Crippen LogP contribution is 2.28. The summed E-state index contributed by atoms with van der Waals surface area (Å²) in [5.74, 6) is -2.41. The highest BCUT2D eigenvalue weighted by molar-refractivity contribution is 6.53. The van der Waals surface area contributed by atoms with Crippen LogP contribution >= 0.6 is 58.0 Å². The van der Waals surface area contributed by atoms with Crippen LogP contribution in [-0.2, 0) is 43.1 Å². The second-order valence-corrected chi connectivity index (χ2v) is 13.6. The largest absolute Gasteiger partial charge is 0.465 e. The first-order valence-corrected chi connectivity index (χ1v) is 19.2. The summed E-state index contributed by atoms with van der Waals surface area (Å²) in [4.78, 5) is 48.9. The van der Waals surface area contributed by atoms with Crippen molar-refractivity contribution >= 4 is 81.5 Å². The standard InChI is InChI=1S/C15H14Cl2F3N3O3.C14H20ClNO2.C8H11Cl2NO/c1-3-26-13(24)10(17)4-8-5-12(11(18)6-9(8)16)23-15(25)22(14(19)20)7(2)21-23;1-4-11-7-6-8-12(5-2)14(11)16(10-18-3)13(17)9-15;1-3-5-11(6-4-2)8(12)7(9)10/h5-6,10,14H,3-4H2,1-2H3;6-8H,4-5,9-10H2,1-3H3;3-4,7H,1-2,5-6H2. The van der Waals surface area contributed by atoms with Crippen molar-refractivity contribution in [3.63, 3.8) is 0 Å². The van der Waals surface area contributed by atoms with E-state index in [0.717, 1.165) is 41.8 Å². The van der Waals surface area contributed by atoms with Gasteiger partial charge >= 0.3 is 18.2 Å². The van der Waals surface area contributed by atoms with Gasteiger partial charge in [-0.2, -0.15) is 13.5 Å². The Morgan fingerprint density at radius 2 is 1.57 bits per heavy atom. The molecule has 310 valence electrons. The van der Waals surface area contributed by atoms with Crippen molar-refractivity contribution in [3.8, 4) is 5.69 Å². The van der Waals surface area contributed by atoms with Crippen molar-refractivity contribution < 1.29 is 37.0 Å². The molecule has 19 heteroatoms. The zero-order valence-electron chi connectivity index (χ0n) is 31.6. The van der Waals surface area contributed by atoms with Crippen LogP contribution in [0.1, 0.15) is 49.8 Å². The van der Waals surface area contributed by atoms with Crippen LogP contribution in [0.15, 0.2) is 60.4 Å². The number of aromatic nitrogens is 3. The molecule has 0 fully saturated rings. The number of rotatable bonds is 17. The van der Waals surface area contributed by atoms with Gasteiger partial charge in [-0.15, -0.1) is 41.5 Å². The number of carbonyl (C=O) groups is 3. The molecule has 56 heavy (non-hydrogen) atoms. The third-order valence-corrected chi connectivity index (χ3v) is 8.85. The first-order chi connectivity index (χ1) is 26.5. The van der Waals surface area contributed by atoms with Crippen molar-refractivity contribution in [2.24, 2.45) is 0 Å². The highest BCUT2D eigenvalue weighted by atomic mass is 35.5. The van der Waals surface area contributed by atoms with Crippen LogP contribution in [0.25, 0.3) is 5.69 Å². The van der Waals surface area contributed by atoms with Crippen LogP contribution in [0.5, 0.6) is 0 Å². The Bertz CT molecular complexity index is 1810. The van der Waals surface area contributed by atoms with Gasteiger partial charge in [-0.25, -0.2) is 13.8 Å². The number of ether oxygens (including phenoxy) is 2. The molecule has 0 aliphatic carbocycles. The summed E-state index contributed by atoms with van der Waals surface area (Å²) < 4.78 is 50.6. The van der Waals surface area contributed by atoms with E-state index in [2.05, 4.69) is 32.1 Å². The predicted octanol–water partition coefficient (Wildman–Crippen LogP) is 8.22. The maximum Gasteiger partial charge on any atom is 0.355 e. The molecule has 2 aromatic carbocycles. The molecule has 2 amide bonds. The summed E-state index contributed by atoms with van der Waals surface area (Å²) in [5.41, 5.74) is 1.87. The number of nitrogens with zero attached hydrogens (tertiary/aromatic N) is 5. The molecule has 1 heterocycles. The number of hydrogen-bond acceptors (Lipinski definition) is 7. The average molecular weight is 890 g/mol. The minimum absolute atomic E-state index is 0.0371. The number of hydrogen-bond donors (Lipinski definition) is 0. The van der Waals surface area contributed by atoms with E-state index in [9.17, 15) is 32.3 Å².